The lowest BCUT2D eigenvalue weighted by Gasteiger charge is -2.23. The number of likely N-dealkylation sites (tertiary alicyclic amines) is 1. The molecule has 1 amide bonds. The van der Waals surface area contributed by atoms with Crippen LogP contribution in [0.4, 0.5) is 0 Å². The fourth-order valence-electron chi connectivity index (χ4n) is 2.44. The summed E-state index contributed by atoms with van der Waals surface area (Å²) in [4.78, 5) is 15.2. The van der Waals surface area contributed by atoms with Gasteiger partial charge in [0.15, 0.2) is 0 Å². The second kappa shape index (κ2) is 6.44. The van der Waals surface area contributed by atoms with Crippen LogP contribution in [0.5, 0.6) is 0 Å². The quantitative estimate of drug-likeness (QED) is 0.860. The number of aliphatic hydroxyl groups is 1. The molecule has 0 saturated carbocycles. The Kier molecular flexibility index (Phi) is 4.88. The van der Waals surface area contributed by atoms with E-state index in [2.05, 4.69) is 32.0 Å². The molecule has 19 heavy (non-hydrogen) atoms. The summed E-state index contributed by atoms with van der Waals surface area (Å²) < 4.78 is 0. The molecule has 1 N–H and O–H groups in total. The molecule has 1 aromatic carbocycles. The fourth-order valence-corrected chi connectivity index (χ4v) is 3.45. The molecule has 1 aliphatic rings. The number of aryl methyl sites for hydroxylation is 2. The first kappa shape index (κ1) is 14.4. The summed E-state index contributed by atoms with van der Waals surface area (Å²) in [5.74, 6) is 0.600. The SMILES string of the molecule is Cc1ccc(C)c(SCC(=O)N2CCCC2CO)c1. The zero-order chi connectivity index (χ0) is 13.8. The molecule has 1 aliphatic heterocycles. The van der Waals surface area contributed by atoms with E-state index in [-0.39, 0.29) is 18.6 Å². The second-order valence-corrected chi connectivity index (χ2v) is 6.14. The van der Waals surface area contributed by atoms with E-state index < -0.39 is 0 Å². The zero-order valence-electron chi connectivity index (χ0n) is 11.6. The Morgan fingerprint density at radius 1 is 1.47 bits per heavy atom. The van der Waals surface area contributed by atoms with Gasteiger partial charge in [-0.3, -0.25) is 4.79 Å². The van der Waals surface area contributed by atoms with E-state index in [0.29, 0.717) is 5.75 Å². The highest BCUT2D eigenvalue weighted by atomic mass is 32.2. The van der Waals surface area contributed by atoms with Crippen LogP contribution in [-0.2, 0) is 4.79 Å². The van der Waals surface area contributed by atoms with Gasteiger partial charge in [-0.05, 0) is 38.3 Å². The van der Waals surface area contributed by atoms with E-state index in [1.165, 1.54) is 16.0 Å². The fraction of sp³-hybridized carbons (Fsp3) is 0.533. The van der Waals surface area contributed by atoms with Gasteiger partial charge in [0.05, 0.1) is 18.4 Å². The van der Waals surface area contributed by atoms with E-state index >= 15 is 0 Å². The van der Waals surface area contributed by atoms with Gasteiger partial charge >= 0.3 is 0 Å². The van der Waals surface area contributed by atoms with Crippen molar-refractivity contribution >= 4 is 17.7 Å². The zero-order valence-corrected chi connectivity index (χ0v) is 12.4. The van der Waals surface area contributed by atoms with E-state index in [1.807, 2.05) is 4.90 Å². The van der Waals surface area contributed by atoms with Crippen molar-refractivity contribution in [2.75, 3.05) is 18.9 Å². The predicted octanol–water partition coefficient (Wildman–Crippen LogP) is 2.38. The van der Waals surface area contributed by atoms with Crippen molar-refractivity contribution in [3.05, 3.63) is 29.3 Å². The minimum Gasteiger partial charge on any atom is -0.394 e. The first-order valence-electron chi connectivity index (χ1n) is 6.72. The average Bonchev–Trinajstić information content (AvgIpc) is 2.88. The van der Waals surface area contributed by atoms with Gasteiger partial charge in [0.2, 0.25) is 5.91 Å². The highest BCUT2D eigenvalue weighted by Crippen LogP contribution is 2.25. The number of hydrogen-bond acceptors (Lipinski definition) is 3. The summed E-state index contributed by atoms with van der Waals surface area (Å²) in [7, 11) is 0. The number of thioether (sulfide) groups is 1. The normalized spacial score (nSPS) is 18.9. The summed E-state index contributed by atoms with van der Waals surface area (Å²) in [5.41, 5.74) is 2.43. The Bertz CT molecular complexity index is 461. The third-order valence-electron chi connectivity index (χ3n) is 3.60. The Morgan fingerprint density at radius 2 is 2.26 bits per heavy atom. The van der Waals surface area contributed by atoms with Crippen molar-refractivity contribution in [2.45, 2.75) is 37.6 Å². The standard InChI is InChI=1S/C15H21NO2S/c1-11-5-6-12(2)14(8-11)19-10-15(18)16-7-3-4-13(16)9-17/h5-6,8,13,17H,3-4,7,9-10H2,1-2H3. The maximum Gasteiger partial charge on any atom is 0.233 e. The largest absolute Gasteiger partial charge is 0.394 e. The minimum atomic E-state index is 0.0340. The van der Waals surface area contributed by atoms with Gasteiger partial charge in [0, 0.05) is 11.4 Å². The molecule has 2 rings (SSSR count). The topological polar surface area (TPSA) is 40.5 Å². The van der Waals surface area contributed by atoms with Crippen LogP contribution < -0.4 is 0 Å². The Labute approximate surface area is 119 Å². The molecule has 0 bridgehead atoms. The van der Waals surface area contributed by atoms with Gasteiger partial charge in [0.25, 0.3) is 0 Å². The third-order valence-corrected chi connectivity index (χ3v) is 4.75. The summed E-state index contributed by atoms with van der Waals surface area (Å²) in [5, 5.41) is 9.25. The van der Waals surface area contributed by atoms with Gasteiger partial charge < -0.3 is 10.0 Å². The van der Waals surface area contributed by atoms with Gasteiger partial charge in [-0.1, -0.05) is 17.7 Å². The Balaban J connectivity index is 1.95. The number of benzene rings is 1. The summed E-state index contributed by atoms with van der Waals surface area (Å²) in [6.45, 7) is 5.00. The molecule has 1 heterocycles. The van der Waals surface area contributed by atoms with Gasteiger partial charge in [-0.2, -0.15) is 0 Å². The minimum absolute atomic E-state index is 0.0340. The molecule has 104 valence electrons. The van der Waals surface area contributed by atoms with Crippen LogP contribution in [0.1, 0.15) is 24.0 Å². The molecule has 0 aromatic heterocycles. The predicted molar refractivity (Wildman–Crippen MR) is 78.5 cm³/mol. The van der Waals surface area contributed by atoms with Crippen LogP contribution in [0.2, 0.25) is 0 Å². The van der Waals surface area contributed by atoms with Crippen LogP contribution in [-0.4, -0.2) is 40.9 Å². The molecule has 0 spiro atoms. The van der Waals surface area contributed by atoms with Crippen molar-refractivity contribution in [3.63, 3.8) is 0 Å². The molecule has 3 nitrogen and oxygen atoms in total. The van der Waals surface area contributed by atoms with Crippen molar-refractivity contribution < 1.29 is 9.90 Å². The number of aliphatic hydroxyl groups excluding tert-OH is 1. The number of carbonyl (C=O) groups is 1. The van der Waals surface area contributed by atoms with E-state index in [0.717, 1.165) is 19.4 Å². The van der Waals surface area contributed by atoms with E-state index in [4.69, 9.17) is 0 Å². The third kappa shape index (κ3) is 3.51. The highest BCUT2D eigenvalue weighted by molar-refractivity contribution is 8.00. The highest BCUT2D eigenvalue weighted by Gasteiger charge is 2.27. The van der Waals surface area contributed by atoms with Crippen molar-refractivity contribution in [2.24, 2.45) is 0 Å². The van der Waals surface area contributed by atoms with Crippen molar-refractivity contribution in [3.8, 4) is 0 Å². The van der Waals surface area contributed by atoms with Gasteiger partial charge in [0.1, 0.15) is 0 Å². The summed E-state index contributed by atoms with van der Waals surface area (Å²) >= 11 is 1.60. The van der Waals surface area contributed by atoms with Crippen molar-refractivity contribution in [1.29, 1.82) is 0 Å². The Morgan fingerprint density at radius 3 is 3.00 bits per heavy atom. The molecule has 0 aliphatic carbocycles. The Hall–Kier alpha value is -1.00. The molecule has 4 heteroatoms. The molecular formula is C15H21NO2S. The first-order chi connectivity index (χ1) is 9.11. The first-order valence-corrected chi connectivity index (χ1v) is 7.70. The number of nitrogens with zero attached hydrogens (tertiary/aromatic N) is 1. The maximum atomic E-state index is 12.2. The van der Waals surface area contributed by atoms with Crippen molar-refractivity contribution in [1.82, 2.24) is 4.90 Å². The van der Waals surface area contributed by atoms with Crippen LogP contribution in [0.15, 0.2) is 23.1 Å². The summed E-state index contributed by atoms with van der Waals surface area (Å²) in [6, 6.07) is 6.34. The number of carbonyl (C=O) groups excluding carboxylic acids is 1. The lowest BCUT2D eigenvalue weighted by Crippen LogP contribution is -2.38. The maximum absolute atomic E-state index is 12.2. The molecule has 1 aromatic rings. The number of rotatable bonds is 4. The molecule has 0 radical (unpaired) electrons. The lowest BCUT2D eigenvalue weighted by atomic mass is 10.2. The molecule has 1 fully saturated rings. The van der Waals surface area contributed by atoms with Crippen LogP contribution in [0.25, 0.3) is 0 Å². The number of hydrogen-bond donors (Lipinski definition) is 1. The monoisotopic (exact) mass is 279 g/mol. The lowest BCUT2D eigenvalue weighted by molar-refractivity contribution is -0.129. The van der Waals surface area contributed by atoms with Gasteiger partial charge in [-0.25, -0.2) is 0 Å². The van der Waals surface area contributed by atoms with Crippen LogP contribution in [0.3, 0.4) is 0 Å². The number of amides is 1. The van der Waals surface area contributed by atoms with E-state index in [1.54, 1.807) is 11.8 Å². The average molecular weight is 279 g/mol. The molecule has 1 atom stereocenters. The molecular weight excluding hydrogens is 258 g/mol. The summed E-state index contributed by atoms with van der Waals surface area (Å²) in [6.07, 6.45) is 1.93. The molecule has 1 saturated heterocycles. The van der Waals surface area contributed by atoms with Crippen LogP contribution in [0, 0.1) is 13.8 Å². The molecule has 1 unspecified atom stereocenters. The van der Waals surface area contributed by atoms with Gasteiger partial charge in [-0.15, -0.1) is 11.8 Å². The van der Waals surface area contributed by atoms with Crippen LogP contribution >= 0.6 is 11.8 Å². The van der Waals surface area contributed by atoms with E-state index in [9.17, 15) is 9.90 Å². The smallest absolute Gasteiger partial charge is 0.233 e. The second-order valence-electron chi connectivity index (χ2n) is 5.12.